The van der Waals surface area contributed by atoms with Gasteiger partial charge in [-0.2, -0.15) is 4.68 Å². The fraction of sp³-hybridized carbons (Fsp3) is 0. The Labute approximate surface area is 158 Å². The highest BCUT2D eigenvalue weighted by Crippen LogP contribution is 2.27. The van der Waals surface area contributed by atoms with Crippen molar-refractivity contribution in [3.63, 3.8) is 0 Å². The number of rotatable bonds is 3. The zero-order valence-electron chi connectivity index (χ0n) is 14.1. The highest BCUT2D eigenvalue weighted by molar-refractivity contribution is 7.20. The van der Waals surface area contributed by atoms with E-state index in [1.165, 1.54) is 16.0 Å². The van der Waals surface area contributed by atoms with E-state index in [0.29, 0.717) is 16.4 Å². The molecular weight excluding hydrogens is 356 g/mol. The molecule has 0 saturated carbocycles. The zero-order valence-corrected chi connectivity index (χ0v) is 15.0. The summed E-state index contributed by atoms with van der Waals surface area (Å²) in [6, 6.07) is 21.8. The molecule has 0 unspecified atom stereocenters. The first kappa shape index (κ1) is 15.7. The molecule has 0 amide bonds. The third-order valence-corrected chi connectivity index (χ3v) is 5.60. The Morgan fingerprint density at radius 2 is 1.78 bits per heavy atom. The van der Waals surface area contributed by atoms with Gasteiger partial charge in [-0.15, -0.1) is 0 Å². The Balaban J connectivity index is 1.72. The smallest absolute Gasteiger partial charge is 0.282 e. The van der Waals surface area contributed by atoms with Gasteiger partial charge in [0.1, 0.15) is 0 Å². The van der Waals surface area contributed by atoms with E-state index in [-0.39, 0.29) is 5.56 Å². The molecule has 2 aromatic heterocycles. The number of benzene rings is 3. The van der Waals surface area contributed by atoms with E-state index in [9.17, 15) is 4.79 Å². The van der Waals surface area contributed by atoms with Crippen LogP contribution in [0.5, 0.6) is 0 Å². The number of nitrogens with zero attached hydrogens (tertiary/aromatic N) is 2. The fourth-order valence-electron chi connectivity index (χ4n) is 3.24. The summed E-state index contributed by atoms with van der Waals surface area (Å²) in [4.78, 5) is 17.4. The van der Waals surface area contributed by atoms with E-state index < -0.39 is 0 Å². The minimum Gasteiger partial charge on any atom is -0.308 e. The van der Waals surface area contributed by atoms with Gasteiger partial charge in [0.05, 0.1) is 21.5 Å². The van der Waals surface area contributed by atoms with Crippen molar-refractivity contribution in [1.82, 2.24) is 14.8 Å². The largest absolute Gasteiger partial charge is 0.308 e. The van der Waals surface area contributed by atoms with E-state index >= 15 is 0 Å². The molecule has 0 fully saturated rings. The first-order valence-corrected chi connectivity index (χ1v) is 9.27. The lowest BCUT2D eigenvalue weighted by Gasteiger charge is -2.03. The number of fused-ring (bicyclic) bond motifs is 2. The maximum Gasteiger partial charge on any atom is 0.282 e. The topological polar surface area (TPSA) is 74.5 Å². The lowest BCUT2D eigenvalue weighted by atomic mass is 10.0. The summed E-state index contributed by atoms with van der Waals surface area (Å²) < 4.78 is 2.44. The number of nitrogens with one attached hydrogen (secondary N) is 2. The van der Waals surface area contributed by atoms with Crippen LogP contribution < -0.4 is 5.56 Å². The maximum atomic E-state index is 12.9. The molecule has 0 saturated heterocycles. The van der Waals surface area contributed by atoms with Crippen molar-refractivity contribution in [3.8, 4) is 16.4 Å². The number of hydrogen-bond donors (Lipinski definition) is 2. The summed E-state index contributed by atoms with van der Waals surface area (Å²) in [5.41, 5.74) is 2.39. The Morgan fingerprint density at radius 3 is 2.59 bits per heavy atom. The molecule has 0 aliphatic carbocycles. The second-order valence-corrected chi connectivity index (χ2v) is 7.22. The number of H-pyrrole nitrogens is 1. The van der Waals surface area contributed by atoms with Crippen LogP contribution in [0.3, 0.4) is 0 Å². The van der Waals surface area contributed by atoms with E-state index in [2.05, 4.69) is 10.1 Å². The molecule has 0 aliphatic heterocycles. The molecule has 0 radical (unpaired) electrons. The lowest BCUT2D eigenvalue weighted by Crippen LogP contribution is -2.16. The van der Waals surface area contributed by atoms with Crippen molar-refractivity contribution < 1.29 is 0 Å². The molecule has 2 heterocycles. The van der Waals surface area contributed by atoms with E-state index in [0.717, 1.165) is 32.8 Å². The SMILES string of the molecule is N=Cc1c(-c2ccc3ccccc3c2)[nH]n(-c2nc3ccccc3s2)c1=O. The Kier molecular flexibility index (Phi) is 3.51. The first-order valence-electron chi connectivity index (χ1n) is 8.45. The third kappa shape index (κ3) is 2.50. The normalized spacial score (nSPS) is 11.3. The molecule has 5 nitrogen and oxygen atoms in total. The highest BCUT2D eigenvalue weighted by Gasteiger charge is 2.17. The molecule has 27 heavy (non-hydrogen) atoms. The van der Waals surface area contributed by atoms with E-state index in [1.807, 2.05) is 66.7 Å². The zero-order chi connectivity index (χ0) is 18.4. The van der Waals surface area contributed by atoms with Gasteiger partial charge in [0.2, 0.25) is 5.13 Å². The van der Waals surface area contributed by atoms with Crippen LogP contribution in [0.25, 0.3) is 37.4 Å². The number of hydrogen-bond acceptors (Lipinski definition) is 4. The van der Waals surface area contributed by atoms with Crippen LogP contribution in [-0.4, -0.2) is 21.0 Å². The summed E-state index contributed by atoms with van der Waals surface area (Å²) in [6.07, 6.45) is 1.10. The van der Waals surface area contributed by atoms with Gasteiger partial charge in [-0.1, -0.05) is 59.9 Å². The van der Waals surface area contributed by atoms with E-state index in [1.54, 1.807) is 0 Å². The molecule has 0 bridgehead atoms. The fourth-order valence-corrected chi connectivity index (χ4v) is 4.16. The molecule has 130 valence electrons. The standard InChI is InChI=1S/C21H14N4OS/c22-12-16-19(15-10-9-13-5-1-2-6-14(13)11-15)24-25(20(16)26)21-23-17-7-3-4-8-18(17)27-21/h1-12,22,24H. The molecule has 3 aromatic carbocycles. The van der Waals surface area contributed by atoms with Gasteiger partial charge >= 0.3 is 0 Å². The molecule has 2 N–H and O–H groups in total. The average Bonchev–Trinajstić information content (AvgIpc) is 3.28. The van der Waals surface area contributed by atoms with Crippen molar-refractivity contribution in [2.45, 2.75) is 0 Å². The van der Waals surface area contributed by atoms with Crippen molar-refractivity contribution >= 4 is 38.5 Å². The van der Waals surface area contributed by atoms with Crippen LogP contribution in [-0.2, 0) is 0 Å². The van der Waals surface area contributed by atoms with Crippen molar-refractivity contribution in [2.24, 2.45) is 0 Å². The maximum absolute atomic E-state index is 12.9. The van der Waals surface area contributed by atoms with Gasteiger partial charge in [0.25, 0.3) is 5.56 Å². The quantitative estimate of drug-likeness (QED) is 0.456. The summed E-state index contributed by atoms with van der Waals surface area (Å²) in [5.74, 6) is 0. The highest BCUT2D eigenvalue weighted by atomic mass is 32.1. The molecule has 5 aromatic rings. The van der Waals surface area contributed by atoms with Crippen LogP contribution in [0.15, 0.2) is 71.5 Å². The predicted octanol–water partition coefficient (Wildman–Crippen LogP) is 4.59. The molecule has 0 spiro atoms. The van der Waals surface area contributed by atoms with Crippen molar-refractivity contribution in [1.29, 1.82) is 5.41 Å². The molecular formula is C21H14N4OS. The lowest BCUT2D eigenvalue weighted by molar-refractivity contribution is 0.845. The monoisotopic (exact) mass is 370 g/mol. The molecule has 5 rings (SSSR count). The van der Waals surface area contributed by atoms with Crippen LogP contribution in [0, 0.1) is 5.41 Å². The summed E-state index contributed by atoms with van der Waals surface area (Å²) >= 11 is 1.44. The Bertz CT molecular complexity index is 1340. The number of para-hydroxylation sites is 1. The van der Waals surface area contributed by atoms with Gasteiger partial charge in [0.15, 0.2) is 0 Å². The van der Waals surface area contributed by atoms with Gasteiger partial charge in [-0.3, -0.25) is 9.89 Å². The van der Waals surface area contributed by atoms with Crippen LogP contribution in [0.2, 0.25) is 0 Å². The number of aromatic amines is 1. The predicted molar refractivity (Wildman–Crippen MR) is 110 cm³/mol. The van der Waals surface area contributed by atoms with Crippen LogP contribution >= 0.6 is 11.3 Å². The van der Waals surface area contributed by atoms with Gasteiger partial charge in [-0.25, -0.2) is 4.98 Å². The summed E-state index contributed by atoms with van der Waals surface area (Å²) in [6.45, 7) is 0. The van der Waals surface area contributed by atoms with E-state index in [4.69, 9.17) is 5.41 Å². The number of thiazole rings is 1. The minimum absolute atomic E-state index is 0.271. The average molecular weight is 370 g/mol. The van der Waals surface area contributed by atoms with Gasteiger partial charge in [0, 0.05) is 11.8 Å². The summed E-state index contributed by atoms with van der Waals surface area (Å²) in [7, 11) is 0. The first-order chi connectivity index (χ1) is 13.2. The second kappa shape index (κ2) is 6.03. The van der Waals surface area contributed by atoms with Crippen molar-refractivity contribution in [3.05, 3.63) is 82.6 Å². The number of aromatic nitrogens is 3. The minimum atomic E-state index is -0.271. The molecule has 6 heteroatoms. The third-order valence-electron chi connectivity index (χ3n) is 4.58. The van der Waals surface area contributed by atoms with Crippen molar-refractivity contribution in [2.75, 3.05) is 0 Å². The molecule has 0 aliphatic rings. The Morgan fingerprint density at radius 1 is 1.00 bits per heavy atom. The summed E-state index contributed by atoms with van der Waals surface area (Å²) in [5, 5.41) is 13.7. The molecule has 0 atom stereocenters. The van der Waals surface area contributed by atoms with Crippen LogP contribution in [0.4, 0.5) is 0 Å². The van der Waals surface area contributed by atoms with Gasteiger partial charge in [-0.05, 0) is 29.0 Å². The van der Waals surface area contributed by atoms with Gasteiger partial charge < -0.3 is 5.41 Å². The van der Waals surface area contributed by atoms with Crippen LogP contribution in [0.1, 0.15) is 5.56 Å². The Hall–Kier alpha value is -3.51. The second-order valence-electron chi connectivity index (χ2n) is 6.21.